The van der Waals surface area contributed by atoms with Gasteiger partial charge in [-0.05, 0) is 19.4 Å². The molecule has 1 amide bonds. The molecule has 0 spiro atoms. The molecule has 0 bridgehead atoms. The molecule has 1 heterocycles. The highest BCUT2D eigenvalue weighted by molar-refractivity contribution is 5.93. The van der Waals surface area contributed by atoms with E-state index in [1.165, 1.54) is 18.3 Å². The van der Waals surface area contributed by atoms with Crippen LogP contribution in [0.15, 0.2) is 23.1 Å². The summed E-state index contributed by atoms with van der Waals surface area (Å²) in [4.78, 5) is 25.0. The fourth-order valence-corrected chi connectivity index (χ4v) is 1.08. The first-order valence-corrected chi connectivity index (χ1v) is 5.14. The Labute approximate surface area is 93.5 Å². The largest absolute Gasteiger partial charge is 0.388 e. The molecule has 0 radical (unpaired) electrons. The number of carbonyl (C=O) groups excluding carboxylic acids is 1. The third kappa shape index (κ3) is 3.51. The van der Waals surface area contributed by atoms with Gasteiger partial charge in [0.2, 0.25) is 5.56 Å². The number of pyridine rings is 1. The number of carbonyl (C=O) groups is 1. The summed E-state index contributed by atoms with van der Waals surface area (Å²) in [6.45, 7) is 3.64. The zero-order chi connectivity index (χ0) is 12.2. The SMILES string of the molecule is CCC(C)(O)CNC(=O)c1cc[nH]c(=O)c1. The van der Waals surface area contributed by atoms with E-state index in [-0.39, 0.29) is 23.6 Å². The van der Waals surface area contributed by atoms with Crippen molar-refractivity contribution in [3.8, 4) is 0 Å². The van der Waals surface area contributed by atoms with E-state index in [0.29, 0.717) is 6.42 Å². The molecule has 5 heteroatoms. The number of amides is 1. The molecule has 88 valence electrons. The molecule has 0 aromatic carbocycles. The molecule has 1 aromatic rings. The summed E-state index contributed by atoms with van der Waals surface area (Å²) in [5, 5.41) is 12.3. The fraction of sp³-hybridized carbons (Fsp3) is 0.455. The number of aliphatic hydroxyl groups is 1. The quantitative estimate of drug-likeness (QED) is 0.686. The molecular formula is C11H16N2O3. The summed E-state index contributed by atoms with van der Waals surface area (Å²) in [6, 6.07) is 2.73. The number of rotatable bonds is 4. The van der Waals surface area contributed by atoms with Gasteiger partial charge < -0.3 is 15.4 Å². The molecule has 1 unspecified atom stereocenters. The Morgan fingerprint density at radius 1 is 1.62 bits per heavy atom. The average molecular weight is 224 g/mol. The van der Waals surface area contributed by atoms with Gasteiger partial charge in [0, 0.05) is 24.4 Å². The third-order valence-corrected chi connectivity index (χ3v) is 2.43. The molecule has 1 aromatic heterocycles. The molecule has 0 aliphatic rings. The lowest BCUT2D eigenvalue weighted by atomic mass is 10.0. The minimum absolute atomic E-state index is 0.162. The lowest BCUT2D eigenvalue weighted by Crippen LogP contribution is -2.40. The lowest BCUT2D eigenvalue weighted by Gasteiger charge is -2.21. The van der Waals surface area contributed by atoms with Gasteiger partial charge in [0.15, 0.2) is 0 Å². The Morgan fingerprint density at radius 2 is 2.31 bits per heavy atom. The summed E-state index contributed by atoms with van der Waals surface area (Å²) < 4.78 is 0. The Bertz CT molecular complexity index is 423. The Hall–Kier alpha value is -1.62. The maximum absolute atomic E-state index is 11.6. The summed E-state index contributed by atoms with van der Waals surface area (Å²) in [6.07, 6.45) is 1.96. The van der Waals surface area contributed by atoms with E-state index in [4.69, 9.17) is 0 Å². The van der Waals surface area contributed by atoms with Gasteiger partial charge in [-0.2, -0.15) is 0 Å². The van der Waals surface area contributed by atoms with Crippen molar-refractivity contribution in [2.24, 2.45) is 0 Å². The summed E-state index contributed by atoms with van der Waals surface area (Å²) >= 11 is 0. The molecule has 3 N–H and O–H groups in total. The van der Waals surface area contributed by atoms with Crippen molar-refractivity contribution in [2.45, 2.75) is 25.9 Å². The van der Waals surface area contributed by atoms with Gasteiger partial charge in [0.1, 0.15) is 0 Å². The van der Waals surface area contributed by atoms with Crippen molar-refractivity contribution in [3.63, 3.8) is 0 Å². The monoisotopic (exact) mass is 224 g/mol. The maximum Gasteiger partial charge on any atom is 0.251 e. The van der Waals surface area contributed by atoms with Crippen molar-refractivity contribution in [1.29, 1.82) is 0 Å². The van der Waals surface area contributed by atoms with Crippen LogP contribution in [0.3, 0.4) is 0 Å². The zero-order valence-corrected chi connectivity index (χ0v) is 9.41. The highest BCUT2D eigenvalue weighted by atomic mass is 16.3. The van der Waals surface area contributed by atoms with Crippen LogP contribution >= 0.6 is 0 Å². The second-order valence-corrected chi connectivity index (χ2v) is 3.97. The first-order valence-electron chi connectivity index (χ1n) is 5.14. The standard InChI is InChI=1S/C11H16N2O3/c1-3-11(2,16)7-13-10(15)8-4-5-12-9(14)6-8/h4-6,16H,3,7H2,1-2H3,(H,12,14)(H,13,15). The number of hydrogen-bond donors (Lipinski definition) is 3. The van der Waals surface area contributed by atoms with E-state index in [2.05, 4.69) is 10.3 Å². The molecule has 0 aliphatic carbocycles. The number of aromatic nitrogens is 1. The van der Waals surface area contributed by atoms with Crippen LogP contribution < -0.4 is 10.9 Å². The fourth-order valence-electron chi connectivity index (χ4n) is 1.08. The van der Waals surface area contributed by atoms with Crippen molar-refractivity contribution < 1.29 is 9.90 Å². The van der Waals surface area contributed by atoms with Crippen LogP contribution in [0.5, 0.6) is 0 Å². The van der Waals surface area contributed by atoms with E-state index in [1.807, 2.05) is 6.92 Å². The van der Waals surface area contributed by atoms with E-state index >= 15 is 0 Å². The topological polar surface area (TPSA) is 82.2 Å². The smallest absolute Gasteiger partial charge is 0.251 e. The van der Waals surface area contributed by atoms with Crippen LogP contribution in [0, 0.1) is 0 Å². The van der Waals surface area contributed by atoms with Crippen LogP contribution in [0.4, 0.5) is 0 Å². The van der Waals surface area contributed by atoms with Crippen molar-refractivity contribution in [1.82, 2.24) is 10.3 Å². The van der Waals surface area contributed by atoms with Crippen LogP contribution in [0.2, 0.25) is 0 Å². The van der Waals surface area contributed by atoms with Gasteiger partial charge in [-0.25, -0.2) is 0 Å². The Balaban J connectivity index is 2.63. The summed E-state index contributed by atoms with van der Waals surface area (Å²) in [5.74, 6) is -0.361. The zero-order valence-electron chi connectivity index (χ0n) is 9.41. The van der Waals surface area contributed by atoms with Crippen LogP contribution in [0.1, 0.15) is 30.6 Å². The van der Waals surface area contributed by atoms with Crippen molar-refractivity contribution in [2.75, 3.05) is 6.54 Å². The van der Waals surface area contributed by atoms with Crippen LogP contribution in [-0.4, -0.2) is 28.1 Å². The molecule has 1 rings (SSSR count). The number of nitrogens with one attached hydrogen (secondary N) is 2. The lowest BCUT2D eigenvalue weighted by molar-refractivity contribution is 0.0518. The van der Waals surface area contributed by atoms with E-state index in [1.54, 1.807) is 6.92 Å². The predicted octanol–water partition coefficient (Wildman–Crippen LogP) is 0.266. The summed E-state index contributed by atoms with van der Waals surface area (Å²) in [7, 11) is 0. The minimum atomic E-state index is -0.920. The molecule has 16 heavy (non-hydrogen) atoms. The normalized spacial score (nSPS) is 14.2. The Kier molecular flexibility index (Phi) is 3.84. The molecule has 0 saturated carbocycles. The van der Waals surface area contributed by atoms with Gasteiger partial charge in [0.05, 0.1) is 5.60 Å². The van der Waals surface area contributed by atoms with Gasteiger partial charge in [-0.1, -0.05) is 6.92 Å². The minimum Gasteiger partial charge on any atom is -0.388 e. The molecule has 0 fully saturated rings. The molecule has 5 nitrogen and oxygen atoms in total. The number of H-pyrrole nitrogens is 1. The van der Waals surface area contributed by atoms with E-state index < -0.39 is 5.60 Å². The maximum atomic E-state index is 11.6. The third-order valence-electron chi connectivity index (χ3n) is 2.43. The van der Waals surface area contributed by atoms with E-state index in [0.717, 1.165) is 0 Å². The van der Waals surface area contributed by atoms with Gasteiger partial charge in [-0.3, -0.25) is 9.59 Å². The highest BCUT2D eigenvalue weighted by Gasteiger charge is 2.18. The van der Waals surface area contributed by atoms with Gasteiger partial charge in [-0.15, -0.1) is 0 Å². The number of aromatic amines is 1. The molecule has 0 saturated heterocycles. The summed E-state index contributed by atoms with van der Waals surface area (Å²) in [5.41, 5.74) is -0.956. The molecular weight excluding hydrogens is 208 g/mol. The van der Waals surface area contributed by atoms with Gasteiger partial charge in [0.25, 0.3) is 5.91 Å². The van der Waals surface area contributed by atoms with Crippen LogP contribution in [0.25, 0.3) is 0 Å². The van der Waals surface area contributed by atoms with Crippen molar-refractivity contribution >= 4 is 5.91 Å². The van der Waals surface area contributed by atoms with Crippen molar-refractivity contribution in [3.05, 3.63) is 34.2 Å². The first kappa shape index (κ1) is 12.4. The second kappa shape index (κ2) is 4.94. The number of hydrogen-bond acceptors (Lipinski definition) is 3. The second-order valence-electron chi connectivity index (χ2n) is 3.97. The van der Waals surface area contributed by atoms with Gasteiger partial charge >= 0.3 is 0 Å². The molecule has 0 aliphatic heterocycles. The first-order chi connectivity index (χ1) is 7.44. The Morgan fingerprint density at radius 3 is 2.88 bits per heavy atom. The average Bonchev–Trinajstić information content (AvgIpc) is 2.26. The van der Waals surface area contributed by atoms with E-state index in [9.17, 15) is 14.7 Å². The highest BCUT2D eigenvalue weighted by Crippen LogP contribution is 2.06. The van der Waals surface area contributed by atoms with Crippen LogP contribution in [-0.2, 0) is 0 Å². The molecule has 1 atom stereocenters. The predicted molar refractivity (Wildman–Crippen MR) is 60.3 cm³/mol.